The Balaban J connectivity index is 2.06. The van der Waals surface area contributed by atoms with Crippen molar-refractivity contribution in [2.75, 3.05) is 20.3 Å². The summed E-state index contributed by atoms with van der Waals surface area (Å²) >= 11 is 0. The number of nitrogens with zero attached hydrogens (tertiary/aromatic N) is 2. The van der Waals surface area contributed by atoms with E-state index in [1.165, 1.54) is 0 Å². The Morgan fingerprint density at radius 1 is 1.35 bits per heavy atom. The van der Waals surface area contributed by atoms with Crippen LogP contribution in [-0.2, 0) is 20.8 Å². The lowest BCUT2D eigenvalue weighted by molar-refractivity contribution is -0.147. The standard InChI is InChI=1S/C19H31N3O4/c1-4-26-19(24)17(15-8-6-14(2)7-9-15)21-18(23)16-10-11-20-22(16)12-5-13-25-3/h10-11,14-15,17H,4-9,12-13H2,1-3H3,(H,21,23)/t14?,15?,17-/m0/s1. The summed E-state index contributed by atoms with van der Waals surface area (Å²) in [4.78, 5) is 25.2. The van der Waals surface area contributed by atoms with Crippen LogP contribution >= 0.6 is 0 Å². The first-order valence-electron chi connectivity index (χ1n) is 9.55. The lowest BCUT2D eigenvalue weighted by Gasteiger charge is -2.31. The summed E-state index contributed by atoms with van der Waals surface area (Å²) in [5, 5.41) is 7.12. The van der Waals surface area contributed by atoms with Crippen LogP contribution in [0.4, 0.5) is 0 Å². The van der Waals surface area contributed by atoms with E-state index in [2.05, 4.69) is 17.3 Å². The first kappa shape index (κ1) is 20.4. The zero-order chi connectivity index (χ0) is 18.9. The smallest absolute Gasteiger partial charge is 0.328 e. The Morgan fingerprint density at radius 2 is 2.08 bits per heavy atom. The van der Waals surface area contributed by atoms with E-state index in [-0.39, 0.29) is 17.8 Å². The fourth-order valence-electron chi connectivity index (χ4n) is 3.50. The van der Waals surface area contributed by atoms with Gasteiger partial charge >= 0.3 is 5.97 Å². The second kappa shape index (κ2) is 10.3. The highest BCUT2D eigenvalue weighted by atomic mass is 16.5. The van der Waals surface area contributed by atoms with Crippen LogP contribution in [0.25, 0.3) is 0 Å². The summed E-state index contributed by atoms with van der Waals surface area (Å²) in [5.41, 5.74) is 0.458. The summed E-state index contributed by atoms with van der Waals surface area (Å²) < 4.78 is 11.9. The third-order valence-electron chi connectivity index (χ3n) is 5.03. The van der Waals surface area contributed by atoms with Crippen LogP contribution in [0.1, 0.15) is 56.4 Å². The van der Waals surface area contributed by atoms with Crippen molar-refractivity contribution >= 4 is 11.9 Å². The van der Waals surface area contributed by atoms with Crippen molar-refractivity contribution in [2.24, 2.45) is 11.8 Å². The molecule has 1 aliphatic carbocycles. The van der Waals surface area contributed by atoms with Crippen LogP contribution in [0, 0.1) is 11.8 Å². The fourth-order valence-corrected chi connectivity index (χ4v) is 3.50. The molecule has 1 aliphatic rings. The molecule has 7 heteroatoms. The number of rotatable bonds is 9. The number of carbonyl (C=O) groups is 2. The van der Waals surface area contributed by atoms with Gasteiger partial charge in [0.1, 0.15) is 11.7 Å². The van der Waals surface area contributed by atoms with E-state index in [1.807, 2.05) is 0 Å². The first-order valence-corrected chi connectivity index (χ1v) is 9.55. The molecule has 1 aromatic rings. The molecule has 146 valence electrons. The summed E-state index contributed by atoms with van der Waals surface area (Å²) in [5.74, 6) is 0.175. The van der Waals surface area contributed by atoms with Crippen LogP contribution in [0.5, 0.6) is 0 Å². The molecule has 0 spiro atoms. The number of hydrogen-bond acceptors (Lipinski definition) is 5. The molecule has 1 heterocycles. The van der Waals surface area contributed by atoms with Crippen molar-refractivity contribution in [3.05, 3.63) is 18.0 Å². The second-order valence-electron chi connectivity index (χ2n) is 7.01. The van der Waals surface area contributed by atoms with E-state index < -0.39 is 6.04 Å². The van der Waals surface area contributed by atoms with Crippen molar-refractivity contribution in [2.45, 2.75) is 58.5 Å². The number of esters is 1. The minimum Gasteiger partial charge on any atom is -0.464 e. The highest BCUT2D eigenvalue weighted by Gasteiger charge is 2.34. The Labute approximate surface area is 155 Å². The van der Waals surface area contributed by atoms with E-state index in [9.17, 15) is 9.59 Å². The molecule has 1 aromatic heterocycles. The van der Waals surface area contributed by atoms with Gasteiger partial charge in [-0.25, -0.2) is 4.79 Å². The lowest BCUT2D eigenvalue weighted by atomic mass is 9.79. The third-order valence-corrected chi connectivity index (χ3v) is 5.03. The lowest BCUT2D eigenvalue weighted by Crippen LogP contribution is -2.48. The Hall–Kier alpha value is -1.89. The van der Waals surface area contributed by atoms with Crippen LogP contribution < -0.4 is 5.32 Å². The molecule has 0 aliphatic heterocycles. The molecule has 26 heavy (non-hydrogen) atoms. The highest BCUT2D eigenvalue weighted by molar-refractivity contribution is 5.95. The SMILES string of the molecule is CCOC(=O)[C@@H](NC(=O)c1ccnn1CCCOC)C1CCC(C)CC1. The maximum atomic E-state index is 12.8. The summed E-state index contributed by atoms with van der Waals surface area (Å²) in [6, 6.07) is 1.07. The minimum absolute atomic E-state index is 0.124. The number of aromatic nitrogens is 2. The second-order valence-corrected chi connectivity index (χ2v) is 7.01. The molecule has 0 bridgehead atoms. The van der Waals surface area contributed by atoms with E-state index in [0.29, 0.717) is 31.4 Å². The van der Waals surface area contributed by atoms with E-state index in [0.717, 1.165) is 32.1 Å². The first-order chi connectivity index (χ1) is 12.6. The topological polar surface area (TPSA) is 82.5 Å². The van der Waals surface area contributed by atoms with Gasteiger partial charge in [-0.3, -0.25) is 9.48 Å². The van der Waals surface area contributed by atoms with Gasteiger partial charge in [-0.15, -0.1) is 0 Å². The van der Waals surface area contributed by atoms with Crippen molar-refractivity contribution in [3.63, 3.8) is 0 Å². The van der Waals surface area contributed by atoms with Gasteiger partial charge in [0.2, 0.25) is 0 Å². The number of carbonyl (C=O) groups excluding carboxylic acids is 2. The molecular formula is C19H31N3O4. The van der Waals surface area contributed by atoms with Gasteiger partial charge in [0.05, 0.1) is 6.61 Å². The summed E-state index contributed by atoms with van der Waals surface area (Å²) in [7, 11) is 1.64. The van der Waals surface area contributed by atoms with Crippen molar-refractivity contribution in [1.82, 2.24) is 15.1 Å². The average Bonchev–Trinajstić information content (AvgIpc) is 3.09. The van der Waals surface area contributed by atoms with Crippen LogP contribution in [0.3, 0.4) is 0 Å². The number of hydrogen-bond donors (Lipinski definition) is 1. The number of nitrogens with one attached hydrogen (secondary N) is 1. The molecule has 1 saturated carbocycles. The van der Waals surface area contributed by atoms with Crippen molar-refractivity contribution in [3.8, 4) is 0 Å². The van der Waals surface area contributed by atoms with E-state index >= 15 is 0 Å². The van der Waals surface area contributed by atoms with Gasteiger partial charge in [0.15, 0.2) is 0 Å². The minimum atomic E-state index is -0.600. The highest BCUT2D eigenvalue weighted by Crippen LogP contribution is 2.31. The van der Waals surface area contributed by atoms with E-state index in [4.69, 9.17) is 9.47 Å². The Kier molecular flexibility index (Phi) is 8.09. The maximum Gasteiger partial charge on any atom is 0.328 e. The molecule has 1 fully saturated rings. The van der Waals surface area contributed by atoms with Gasteiger partial charge < -0.3 is 14.8 Å². The fraction of sp³-hybridized carbons (Fsp3) is 0.737. The molecule has 0 unspecified atom stereocenters. The largest absolute Gasteiger partial charge is 0.464 e. The summed E-state index contributed by atoms with van der Waals surface area (Å²) in [6.45, 7) is 5.52. The van der Waals surface area contributed by atoms with Crippen LogP contribution in [0.2, 0.25) is 0 Å². The Morgan fingerprint density at radius 3 is 2.73 bits per heavy atom. The zero-order valence-corrected chi connectivity index (χ0v) is 16.1. The predicted octanol–water partition coefficient (Wildman–Crippen LogP) is 2.41. The monoisotopic (exact) mass is 365 g/mol. The van der Waals surface area contributed by atoms with Crippen molar-refractivity contribution in [1.29, 1.82) is 0 Å². The van der Waals surface area contributed by atoms with Gasteiger partial charge in [-0.05, 0) is 44.1 Å². The third kappa shape index (κ3) is 5.56. The van der Waals surface area contributed by atoms with Gasteiger partial charge in [-0.1, -0.05) is 19.8 Å². The number of ether oxygens (including phenoxy) is 2. The molecule has 1 amide bonds. The van der Waals surface area contributed by atoms with Gasteiger partial charge in [-0.2, -0.15) is 5.10 Å². The predicted molar refractivity (Wildman–Crippen MR) is 97.7 cm³/mol. The van der Waals surface area contributed by atoms with Crippen LogP contribution in [0.15, 0.2) is 12.3 Å². The molecule has 0 saturated heterocycles. The summed E-state index contributed by atoms with van der Waals surface area (Å²) in [6.07, 6.45) is 6.37. The molecule has 1 N–H and O–H groups in total. The molecule has 0 aromatic carbocycles. The zero-order valence-electron chi connectivity index (χ0n) is 16.1. The molecule has 7 nitrogen and oxygen atoms in total. The molecule has 0 radical (unpaired) electrons. The van der Waals surface area contributed by atoms with Crippen LogP contribution in [-0.4, -0.2) is 48.0 Å². The molecular weight excluding hydrogens is 334 g/mol. The number of methoxy groups -OCH3 is 1. The van der Waals surface area contributed by atoms with E-state index in [1.54, 1.807) is 31.0 Å². The van der Waals surface area contributed by atoms with Gasteiger partial charge in [0, 0.05) is 26.5 Å². The quantitative estimate of drug-likeness (QED) is 0.537. The molecule has 2 rings (SSSR count). The van der Waals surface area contributed by atoms with Gasteiger partial charge in [0.25, 0.3) is 5.91 Å². The molecule has 1 atom stereocenters. The maximum absolute atomic E-state index is 12.8. The Bertz CT molecular complexity index is 579. The van der Waals surface area contributed by atoms with Crippen molar-refractivity contribution < 1.29 is 19.1 Å². The number of aryl methyl sites for hydroxylation is 1. The average molecular weight is 365 g/mol. The number of amides is 1. The normalized spacial score (nSPS) is 21.2.